The average Bonchev–Trinajstić information content (AvgIpc) is 2.34. The summed E-state index contributed by atoms with van der Waals surface area (Å²) in [6.45, 7) is 5.95. The van der Waals surface area contributed by atoms with Crippen LogP contribution in [-0.4, -0.2) is 16.7 Å². The second-order valence-electron chi connectivity index (χ2n) is 5.54. The Hall–Kier alpha value is -1.37. The second-order valence-corrected chi connectivity index (χ2v) is 6.78. The fourth-order valence-electron chi connectivity index (χ4n) is 1.74. The quantitative estimate of drug-likeness (QED) is 0.800. The third-order valence-corrected chi connectivity index (χ3v) is 3.14. The standard InChI is InChI=1S/C15H17IN2O2/c1-15(2,3)20-14(19)18-8-10-4-5-11-7-12(16)9-17-13(11)6-10/h4-7,9H,8H2,1-3H3,(H,18,19). The van der Waals surface area contributed by atoms with Crippen LogP contribution in [0.3, 0.4) is 0 Å². The molecule has 2 aromatic rings. The third kappa shape index (κ3) is 4.33. The number of amides is 1. The summed E-state index contributed by atoms with van der Waals surface area (Å²) in [5, 5.41) is 3.84. The van der Waals surface area contributed by atoms with E-state index in [4.69, 9.17) is 4.74 Å². The van der Waals surface area contributed by atoms with E-state index in [1.807, 2.05) is 45.2 Å². The number of hydrogen-bond donors (Lipinski definition) is 1. The van der Waals surface area contributed by atoms with Gasteiger partial charge in [-0.1, -0.05) is 12.1 Å². The zero-order chi connectivity index (χ0) is 14.8. The summed E-state index contributed by atoms with van der Waals surface area (Å²) in [6, 6.07) is 8.05. The van der Waals surface area contributed by atoms with Gasteiger partial charge in [-0.3, -0.25) is 4.98 Å². The molecule has 1 N–H and O–H groups in total. The van der Waals surface area contributed by atoms with E-state index >= 15 is 0 Å². The largest absolute Gasteiger partial charge is 0.444 e. The van der Waals surface area contributed by atoms with E-state index in [1.54, 1.807) is 0 Å². The number of carbonyl (C=O) groups is 1. The number of rotatable bonds is 2. The molecule has 0 atom stereocenters. The van der Waals surface area contributed by atoms with Crippen LogP contribution in [0.15, 0.2) is 30.5 Å². The number of pyridine rings is 1. The van der Waals surface area contributed by atoms with Gasteiger partial charge in [-0.05, 0) is 61.1 Å². The molecule has 0 saturated heterocycles. The molecule has 0 unspecified atom stereocenters. The van der Waals surface area contributed by atoms with Crippen LogP contribution in [0.1, 0.15) is 26.3 Å². The number of halogens is 1. The Bertz CT molecular complexity index is 635. The highest BCUT2D eigenvalue weighted by Gasteiger charge is 2.15. The van der Waals surface area contributed by atoms with E-state index in [1.165, 1.54) is 0 Å². The molecule has 0 fully saturated rings. The Balaban J connectivity index is 2.03. The lowest BCUT2D eigenvalue weighted by molar-refractivity contribution is 0.0523. The van der Waals surface area contributed by atoms with Gasteiger partial charge in [-0.15, -0.1) is 0 Å². The van der Waals surface area contributed by atoms with E-state index in [0.29, 0.717) is 6.54 Å². The van der Waals surface area contributed by atoms with Crippen LogP contribution in [0.25, 0.3) is 10.9 Å². The second kappa shape index (κ2) is 5.95. The molecule has 1 amide bonds. The maximum absolute atomic E-state index is 11.6. The van der Waals surface area contributed by atoms with Gasteiger partial charge in [0.15, 0.2) is 0 Å². The lowest BCUT2D eigenvalue weighted by atomic mass is 10.1. The molecule has 106 valence electrons. The first-order chi connectivity index (χ1) is 9.33. The van der Waals surface area contributed by atoms with Gasteiger partial charge in [0.05, 0.1) is 5.52 Å². The van der Waals surface area contributed by atoms with Gasteiger partial charge >= 0.3 is 6.09 Å². The van der Waals surface area contributed by atoms with Crippen LogP contribution in [0, 0.1) is 3.57 Å². The van der Waals surface area contributed by atoms with Crippen molar-refractivity contribution in [1.29, 1.82) is 0 Å². The van der Waals surface area contributed by atoms with Gasteiger partial charge in [-0.25, -0.2) is 4.79 Å². The molecule has 1 aromatic carbocycles. The molecule has 0 radical (unpaired) electrons. The van der Waals surface area contributed by atoms with Crippen LogP contribution in [-0.2, 0) is 11.3 Å². The molecule has 20 heavy (non-hydrogen) atoms. The monoisotopic (exact) mass is 384 g/mol. The molecule has 1 aromatic heterocycles. The lowest BCUT2D eigenvalue weighted by Crippen LogP contribution is -2.32. The fourth-order valence-corrected chi connectivity index (χ4v) is 2.21. The van der Waals surface area contributed by atoms with Crippen molar-refractivity contribution in [2.45, 2.75) is 32.9 Å². The Morgan fingerprint density at radius 1 is 1.35 bits per heavy atom. The number of hydrogen-bond acceptors (Lipinski definition) is 3. The highest BCUT2D eigenvalue weighted by atomic mass is 127. The molecule has 4 nitrogen and oxygen atoms in total. The van der Waals surface area contributed by atoms with Crippen molar-refractivity contribution in [3.63, 3.8) is 0 Å². The highest BCUT2D eigenvalue weighted by Crippen LogP contribution is 2.16. The van der Waals surface area contributed by atoms with Gasteiger partial charge in [0.1, 0.15) is 5.60 Å². The molecule has 0 aliphatic carbocycles. The van der Waals surface area contributed by atoms with Crippen LogP contribution in [0.2, 0.25) is 0 Å². The van der Waals surface area contributed by atoms with Gasteiger partial charge < -0.3 is 10.1 Å². The third-order valence-electron chi connectivity index (χ3n) is 2.55. The summed E-state index contributed by atoms with van der Waals surface area (Å²) < 4.78 is 6.30. The fraction of sp³-hybridized carbons (Fsp3) is 0.333. The van der Waals surface area contributed by atoms with Crippen LogP contribution >= 0.6 is 22.6 Å². The van der Waals surface area contributed by atoms with E-state index in [9.17, 15) is 4.79 Å². The van der Waals surface area contributed by atoms with Crippen molar-refractivity contribution in [2.75, 3.05) is 0 Å². The highest BCUT2D eigenvalue weighted by molar-refractivity contribution is 14.1. The SMILES string of the molecule is CC(C)(C)OC(=O)NCc1ccc2cc(I)cnc2c1. The Morgan fingerprint density at radius 3 is 2.80 bits per heavy atom. The topological polar surface area (TPSA) is 51.2 Å². The van der Waals surface area contributed by atoms with Crippen LogP contribution in [0.4, 0.5) is 4.79 Å². The van der Waals surface area contributed by atoms with Crippen molar-refractivity contribution >= 4 is 39.6 Å². The molecule has 0 aliphatic heterocycles. The summed E-state index contributed by atoms with van der Waals surface area (Å²) in [5.74, 6) is 0. The lowest BCUT2D eigenvalue weighted by Gasteiger charge is -2.19. The van der Waals surface area contributed by atoms with E-state index < -0.39 is 11.7 Å². The summed E-state index contributed by atoms with van der Waals surface area (Å²) >= 11 is 2.24. The Labute approximate surface area is 132 Å². The molecular weight excluding hydrogens is 367 g/mol. The number of alkyl carbamates (subject to hydrolysis) is 1. The van der Waals surface area contributed by atoms with Gasteiger partial charge in [0.2, 0.25) is 0 Å². The number of nitrogens with zero attached hydrogens (tertiary/aromatic N) is 1. The number of aromatic nitrogens is 1. The summed E-state index contributed by atoms with van der Waals surface area (Å²) in [5.41, 5.74) is 1.44. The minimum atomic E-state index is -0.480. The van der Waals surface area contributed by atoms with Crippen LogP contribution < -0.4 is 5.32 Å². The summed E-state index contributed by atoms with van der Waals surface area (Å²) in [4.78, 5) is 16.0. The molecule has 2 rings (SSSR count). The van der Waals surface area contributed by atoms with Crippen molar-refractivity contribution in [3.05, 3.63) is 39.6 Å². The number of ether oxygens (including phenoxy) is 1. The predicted octanol–water partition coefficient (Wildman–Crippen LogP) is 3.86. The number of fused-ring (bicyclic) bond motifs is 1. The first-order valence-electron chi connectivity index (χ1n) is 6.34. The molecule has 0 spiro atoms. The van der Waals surface area contributed by atoms with E-state index in [-0.39, 0.29) is 0 Å². The maximum Gasteiger partial charge on any atom is 0.407 e. The van der Waals surface area contributed by atoms with Crippen LogP contribution in [0.5, 0.6) is 0 Å². The van der Waals surface area contributed by atoms with Crippen molar-refractivity contribution < 1.29 is 9.53 Å². The van der Waals surface area contributed by atoms with Crippen molar-refractivity contribution in [2.24, 2.45) is 0 Å². The Morgan fingerprint density at radius 2 is 2.10 bits per heavy atom. The number of nitrogens with one attached hydrogen (secondary N) is 1. The number of carbonyl (C=O) groups excluding carboxylic acids is 1. The Kier molecular flexibility index (Phi) is 4.47. The first-order valence-corrected chi connectivity index (χ1v) is 7.42. The summed E-state index contributed by atoms with van der Waals surface area (Å²) in [6.07, 6.45) is 1.42. The van der Waals surface area contributed by atoms with Gasteiger partial charge in [0, 0.05) is 21.7 Å². The van der Waals surface area contributed by atoms with Gasteiger partial charge in [-0.2, -0.15) is 0 Å². The van der Waals surface area contributed by atoms with E-state index in [2.05, 4.69) is 39.0 Å². The van der Waals surface area contributed by atoms with Crippen molar-refractivity contribution in [1.82, 2.24) is 10.3 Å². The molecule has 0 aliphatic rings. The summed E-state index contributed by atoms with van der Waals surface area (Å²) in [7, 11) is 0. The van der Waals surface area contributed by atoms with Gasteiger partial charge in [0.25, 0.3) is 0 Å². The molecule has 0 saturated carbocycles. The normalized spacial score (nSPS) is 11.4. The first kappa shape index (κ1) is 15.0. The minimum Gasteiger partial charge on any atom is -0.444 e. The minimum absolute atomic E-state index is 0.409. The molecule has 5 heteroatoms. The molecule has 1 heterocycles. The molecular formula is C15H17IN2O2. The number of benzene rings is 1. The zero-order valence-corrected chi connectivity index (χ0v) is 13.9. The average molecular weight is 384 g/mol. The maximum atomic E-state index is 11.6. The van der Waals surface area contributed by atoms with E-state index in [0.717, 1.165) is 20.0 Å². The smallest absolute Gasteiger partial charge is 0.407 e. The molecule has 0 bridgehead atoms. The zero-order valence-electron chi connectivity index (χ0n) is 11.7. The van der Waals surface area contributed by atoms with Crippen molar-refractivity contribution in [3.8, 4) is 0 Å². The predicted molar refractivity (Wildman–Crippen MR) is 87.5 cm³/mol.